The van der Waals surface area contributed by atoms with Gasteiger partial charge in [-0.1, -0.05) is 0 Å². The maximum Gasteiger partial charge on any atom is 0.425 e. The smallest absolute Gasteiger partial charge is 0.366 e. The van der Waals surface area contributed by atoms with Crippen LogP contribution in [0.2, 0.25) is 0 Å². The summed E-state index contributed by atoms with van der Waals surface area (Å²) in [5.41, 5.74) is 4.67. The average molecular weight is 195 g/mol. The van der Waals surface area contributed by atoms with Gasteiger partial charge in [-0.2, -0.15) is 13.2 Å². The molecule has 1 aromatic rings. The molecule has 0 saturated carbocycles. The van der Waals surface area contributed by atoms with E-state index in [-0.39, 0.29) is 5.56 Å². The first-order valence-corrected chi connectivity index (χ1v) is 3.75. The van der Waals surface area contributed by atoms with Crippen LogP contribution in [0.4, 0.5) is 13.2 Å². The zero-order valence-electron chi connectivity index (χ0n) is 5.68. The van der Waals surface area contributed by atoms with E-state index in [1.165, 1.54) is 0 Å². The normalized spacial score (nSPS) is 11.6. The number of hydrogen-bond acceptors (Lipinski definition) is 2. The number of amides is 1. The lowest BCUT2D eigenvalue weighted by molar-refractivity contribution is -0.134. The number of carbonyl (C=O) groups excluding carboxylic acids is 1. The summed E-state index contributed by atoms with van der Waals surface area (Å²) in [6.07, 6.45) is -4.39. The van der Waals surface area contributed by atoms with Crippen molar-refractivity contribution in [2.75, 3.05) is 0 Å². The summed E-state index contributed by atoms with van der Waals surface area (Å²) in [6.45, 7) is 0. The second kappa shape index (κ2) is 2.78. The van der Waals surface area contributed by atoms with E-state index in [2.05, 4.69) is 0 Å². The molecule has 6 heteroatoms. The number of nitrogens with two attached hydrogens (primary N) is 1. The lowest BCUT2D eigenvalue weighted by atomic mass is 10.3. The van der Waals surface area contributed by atoms with Crippen molar-refractivity contribution in [1.82, 2.24) is 0 Å². The molecule has 1 rings (SSSR count). The average Bonchev–Trinajstić information content (AvgIpc) is 2.30. The third-order valence-electron chi connectivity index (χ3n) is 1.16. The van der Waals surface area contributed by atoms with Crippen LogP contribution in [-0.4, -0.2) is 5.91 Å². The molecule has 0 spiro atoms. The number of alkyl halides is 3. The predicted octanol–water partition coefficient (Wildman–Crippen LogP) is 1.87. The van der Waals surface area contributed by atoms with Crippen LogP contribution in [0, 0.1) is 0 Å². The van der Waals surface area contributed by atoms with Gasteiger partial charge in [0.05, 0.1) is 5.56 Å². The van der Waals surface area contributed by atoms with Crippen molar-refractivity contribution in [2.24, 2.45) is 5.73 Å². The summed E-state index contributed by atoms with van der Waals surface area (Å²) in [7, 11) is 0. The lowest BCUT2D eigenvalue weighted by Crippen LogP contribution is -2.09. The molecule has 0 radical (unpaired) electrons. The van der Waals surface area contributed by atoms with Crippen LogP contribution in [0.5, 0.6) is 0 Å². The van der Waals surface area contributed by atoms with E-state index < -0.39 is 17.0 Å². The van der Waals surface area contributed by atoms with Crippen LogP contribution >= 0.6 is 11.3 Å². The molecule has 1 aromatic heterocycles. The van der Waals surface area contributed by atoms with E-state index in [1.807, 2.05) is 0 Å². The molecule has 1 amide bonds. The summed E-state index contributed by atoms with van der Waals surface area (Å²) < 4.78 is 35.8. The van der Waals surface area contributed by atoms with E-state index >= 15 is 0 Å². The van der Waals surface area contributed by atoms with Crippen molar-refractivity contribution in [3.63, 3.8) is 0 Å². The third kappa shape index (κ3) is 1.76. The highest BCUT2D eigenvalue weighted by Crippen LogP contribution is 2.33. The zero-order chi connectivity index (χ0) is 9.35. The largest absolute Gasteiger partial charge is 0.425 e. The molecule has 0 bridgehead atoms. The van der Waals surface area contributed by atoms with Crippen LogP contribution < -0.4 is 5.73 Å². The Labute approximate surface area is 69.8 Å². The van der Waals surface area contributed by atoms with Gasteiger partial charge in [-0.15, -0.1) is 11.3 Å². The van der Waals surface area contributed by atoms with Crippen molar-refractivity contribution in [1.29, 1.82) is 0 Å². The molecule has 0 atom stereocenters. The number of thiophene rings is 1. The summed E-state index contributed by atoms with van der Waals surface area (Å²) >= 11 is 0.459. The van der Waals surface area contributed by atoms with Crippen LogP contribution in [0.25, 0.3) is 0 Å². The summed E-state index contributed by atoms with van der Waals surface area (Å²) in [6, 6.07) is 0.743. The number of carbonyl (C=O) groups is 1. The number of halogens is 3. The topological polar surface area (TPSA) is 43.1 Å². The molecule has 0 unspecified atom stereocenters. The van der Waals surface area contributed by atoms with Gasteiger partial charge in [-0.25, -0.2) is 0 Å². The van der Waals surface area contributed by atoms with Crippen molar-refractivity contribution >= 4 is 17.2 Å². The number of rotatable bonds is 1. The predicted molar refractivity (Wildman–Crippen MR) is 37.8 cm³/mol. The minimum Gasteiger partial charge on any atom is -0.366 e. The molecule has 1 heterocycles. The lowest BCUT2D eigenvalue weighted by Gasteiger charge is -1.99. The maximum atomic E-state index is 11.9. The first kappa shape index (κ1) is 9.05. The van der Waals surface area contributed by atoms with Gasteiger partial charge in [0.25, 0.3) is 0 Å². The van der Waals surface area contributed by atoms with Crippen LogP contribution in [-0.2, 0) is 6.18 Å². The first-order chi connectivity index (χ1) is 5.41. The Kier molecular flexibility index (Phi) is 2.10. The van der Waals surface area contributed by atoms with Gasteiger partial charge in [-0.05, 0) is 6.07 Å². The second-order valence-corrected chi connectivity index (χ2v) is 2.97. The first-order valence-electron chi connectivity index (χ1n) is 2.87. The second-order valence-electron chi connectivity index (χ2n) is 2.06. The molecule has 2 nitrogen and oxygen atoms in total. The summed E-state index contributed by atoms with van der Waals surface area (Å²) in [5.74, 6) is -0.846. The molecular formula is C6H4F3NOS. The van der Waals surface area contributed by atoms with Gasteiger partial charge < -0.3 is 5.73 Å². The van der Waals surface area contributed by atoms with Crippen molar-refractivity contribution < 1.29 is 18.0 Å². The fraction of sp³-hybridized carbons (Fsp3) is 0.167. The van der Waals surface area contributed by atoms with Crippen LogP contribution in [0.15, 0.2) is 11.4 Å². The molecule has 2 N–H and O–H groups in total. The van der Waals surface area contributed by atoms with Crippen molar-refractivity contribution in [3.8, 4) is 0 Å². The molecule has 0 aliphatic rings. The van der Waals surface area contributed by atoms with Gasteiger partial charge in [0.2, 0.25) is 5.91 Å². The molecule has 0 aliphatic carbocycles. The molecule has 12 heavy (non-hydrogen) atoms. The minimum atomic E-state index is -4.39. The minimum absolute atomic E-state index is 0.104. The van der Waals surface area contributed by atoms with E-state index in [1.54, 1.807) is 0 Å². The van der Waals surface area contributed by atoms with Gasteiger partial charge in [0, 0.05) is 5.38 Å². The standard InChI is InChI=1S/C6H4F3NOS/c7-6(8,9)4-1-3(2-12-4)5(10)11/h1-2H,(H2,10,11). The molecule has 0 fully saturated rings. The fourth-order valence-corrected chi connectivity index (χ4v) is 1.38. The van der Waals surface area contributed by atoms with Crippen LogP contribution in [0.3, 0.4) is 0 Å². The Morgan fingerprint density at radius 2 is 2.08 bits per heavy atom. The summed E-state index contributed by atoms with van der Waals surface area (Å²) in [4.78, 5) is 9.59. The van der Waals surface area contributed by atoms with Gasteiger partial charge in [-0.3, -0.25) is 4.79 Å². The summed E-state index contributed by atoms with van der Waals surface area (Å²) in [5, 5.41) is 1.09. The number of hydrogen-bond donors (Lipinski definition) is 1. The maximum absolute atomic E-state index is 11.9. The highest BCUT2D eigenvalue weighted by molar-refractivity contribution is 7.10. The van der Waals surface area contributed by atoms with Crippen LogP contribution in [0.1, 0.15) is 15.2 Å². The molecular weight excluding hydrogens is 191 g/mol. The van der Waals surface area contributed by atoms with Gasteiger partial charge in [0.1, 0.15) is 4.88 Å². The Bertz CT molecular complexity index is 304. The van der Waals surface area contributed by atoms with Gasteiger partial charge in [0.15, 0.2) is 0 Å². The Balaban J connectivity index is 3.00. The molecule has 0 aliphatic heterocycles. The molecule has 0 saturated heterocycles. The van der Waals surface area contributed by atoms with E-state index in [4.69, 9.17) is 5.73 Å². The Morgan fingerprint density at radius 3 is 2.33 bits per heavy atom. The highest BCUT2D eigenvalue weighted by Gasteiger charge is 2.32. The van der Waals surface area contributed by atoms with Crippen molar-refractivity contribution in [2.45, 2.75) is 6.18 Å². The van der Waals surface area contributed by atoms with E-state index in [0.717, 1.165) is 11.4 Å². The van der Waals surface area contributed by atoms with E-state index in [0.29, 0.717) is 11.3 Å². The molecule has 66 valence electrons. The quantitative estimate of drug-likeness (QED) is 0.730. The zero-order valence-corrected chi connectivity index (χ0v) is 6.50. The Hall–Kier alpha value is -1.04. The third-order valence-corrected chi connectivity index (χ3v) is 2.14. The Morgan fingerprint density at radius 1 is 1.50 bits per heavy atom. The monoisotopic (exact) mass is 195 g/mol. The van der Waals surface area contributed by atoms with E-state index in [9.17, 15) is 18.0 Å². The van der Waals surface area contributed by atoms with Gasteiger partial charge >= 0.3 is 6.18 Å². The SMILES string of the molecule is NC(=O)c1csc(C(F)(F)F)c1. The highest BCUT2D eigenvalue weighted by atomic mass is 32.1. The fourth-order valence-electron chi connectivity index (χ4n) is 0.614. The molecule has 0 aromatic carbocycles. The van der Waals surface area contributed by atoms with Crippen molar-refractivity contribution in [3.05, 3.63) is 21.9 Å². The number of primary amides is 1.